The summed E-state index contributed by atoms with van der Waals surface area (Å²) in [5.74, 6) is -0.0398. The Kier molecular flexibility index (Phi) is 2.55. The molecule has 1 fully saturated rings. The minimum atomic E-state index is -0.509. The largest absolute Gasteiger partial charge is 0.505 e. The number of rotatable bonds is 3. The number of hydrogen-bond donors (Lipinski definition) is 1. The van der Waals surface area contributed by atoms with Crippen LogP contribution in [-0.4, -0.2) is 11.1 Å². The highest BCUT2D eigenvalue weighted by atomic mass is 16.4. The van der Waals surface area contributed by atoms with Crippen LogP contribution in [0.1, 0.15) is 12.8 Å². The van der Waals surface area contributed by atoms with Gasteiger partial charge in [0, 0.05) is 17.8 Å². The average Bonchev–Trinajstić information content (AvgIpc) is 3.19. The molecule has 1 aromatic heterocycles. The van der Waals surface area contributed by atoms with Gasteiger partial charge in [-0.05, 0) is 25.0 Å². The van der Waals surface area contributed by atoms with Crippen LogP contribution in [0.3, 0.4) is 0 Å². The molecule has 1 aromatic carbocycles. The molecule has 0 spiro atoms. The Balaban J connectivity index is 2.13. The summed E-state index contributed by atoms with van der Waals surface area (Å²) >= 11 is 0. The molecule has 1 heterocycles. The molecule has 92 valence electrons. The summed E-state index contributed by atoms with van der Waals surface area (Å²) in [6, 6.07) is 11.2. The van der Waals surface area contributed by atoms with Gasteiger partial charge in [-0.1, -0.05) is 18.2 Å². The van der Waals surface area contributed by atoms with Crippen molar-refractivity contribution >= 4 is 11.4 Å². The normalized spacial score (nSPS) is 14.4. The summed E-state index contributed by atoms with van der Waals surface area (Å²) in [4.78, 5) is 13.7. The third-order valence-electron chi connectivity index (χ3n) is 3.02. The van der Waals surface area contributed by atoms with Crippen molar-refractivity contribution in [2.45, 2.75) is 18.9 Å². The molecule has 3 rings (SSSR count). The lowest BCUT2D eigenvalue weighted by Gasteiger charge is -2.23. The average molecular weight is 243 g/mol. The summed E-state index contributed by atoms with van der Waals surface area (Å²) < 4.78 is 4.86. The molecular formula is C14H13NO3. The third kappa shape index (κ3) is 1.86. The Bertz CT molecular complexity index is 602. The van der Waals surface area contributed by atoms with Gasteiger partial charge in [0.1, 0.15) is 5.75 Å². The van der Waals surface area contributed by atoms with Crippen LogP contribution >= 0.6 is 0 Å². The summed E-state index contributed by atoms with van der Waals surface area (Å²) in [7, 11) is 0. The Morgan fingerprint density at radius 3 is 2.50 bits per heavy atom. The lowest BCUT2D eigenvalue weighted by atomic mass is 10.2. The fraction of sp³-hybridized carbons (Fsp3) is 0.214. The van der Waals surface area contributed by atoms with E-state index in [9.17, 15) is 9.90 Å². The molecule has 18 heavy (non-hydrogen) atoms. The summed E-state index contributed by atoms with van der Waals surface area (Å²) in [6.45, 7) is 0. The van der Waals surface area contributed by atoms with Gasteiger partial charge in [0.05, 0.1) is 6.26 Å². The highest BCUT2D eigenvalue weighted by molar-refractivity contribution is 5.69. The Hall–Kier alpha value is -2.23. The van der Waals surface area contributed by atoms with Crippen LogP contribution in [0.5, 0.6) is 5.75 Å². The molecular weight excluding hydrogens is 230 g/mol. The molecule has 0 saturated heterocycles. The third-order valence-corrected chi connectivity index (χ3v) is 3.02. The second-order valence-electron chi connectivity index (χ2n) is 4.38. The van der Waals surface area contributed by atoms with Gasteiger partial charge in [0.2, 0.25) is 0 Å². The predicted molar refractivity (Wildman–Crippen MR) is 68.2 cm³/mol. The maximum absolute atomic E-state index is 11.8. The van der Waals surface area contributed by atoms with Crippen molar-refractivity contribution in [2.75, 3.05) is 4.90 Å². The minimum Gasteiger partial charge on any atom is -0.505 e. The maximum atomic E-state index is 11.8. The standard InChI is InChI=1S/C14H13NO3/c16-12-8-9-18-14(17)13(12)15(11-6-7-11)10-4-2-1-3-5-10/h1-5,8-9,11,16H,6-7H2. The quantitative estimate of drug-likeness (QED) is 0.900. The molecule has 0 bridgehead atoms. The second-order valence-corrected chi connectivity index (χ2v) is 4.38. The van der Waals surface area contributed by atoms with E-state index >= 15 is 0 Å². The fourth-order valence-electron chi connectivity index (χ4n) is 2.07. The SMILES string of the molecule is O=c1occc(O)c1N(c1ccccc1)C1CC1. The zero-order valence-corrected chi connectivity index (χ0v) is 9.74. The van der Waals surface area contributed by atoms with E-state index in [0.29, 0.717) is 0 Å². The number of benzene rings is 1. The van der Waals surface area contributed by atoms with Crippen molar-refractivity contribution in [3.05, 3.63) is 53.1 Å². The highest BCUT2D eigenvalue weighted by Gasteiger charge is 2.33. The highest BCUT2D eigenvalue weighted by Crippen LogP contribution is 2.39. The number of nitrogens with zero attached hydrogens (tertiary/aromatic N) is 1. The Morgan fingerprint density at radius 1 is 1.17 bits per heavy atom. The van der Waals surface area contributed by atoms with Gasteiger partial charge in [0.15, 0.2) is 5.69 Å². The van der Waals surface area contributed by atoms with Crippen molar-refractivity contribution in [1.29, 1.82) is 0 Å². The summed E-state index contributed by atoms with van der Waals surface area (Å²) in [5, 5.41) is 9.90. The molecule has 4 heteroatoms. The molecule has 0 aliphatic heterocycles. The Morgan fingerprint density at radius 2 is 1.89 bits per heavy atom. The van der Waals surface area contributed by atoms with E-state index in [1.807, 2.05) is 35.2 Å². The Labute approximate surface area is 104 Å². The van der Waals surface area contributed by atoms with Gasteiger partial charge < -0.3 is 14.4 Å². The lowest BCUT2D eigenvalue weighted by Crippen LogP contribution is -2.25. The molecule has 1 aliphatic rings. The van der Waals surface area contributed by atoms with Crippen molar-refractivity contribution in [3.63, 3.8) is 0 Å². The topological polar surface area (TPSA) is 53.7 Å². The monoisotopic (exact) mass is 243 g/mol. The number of para-hydroxylation sites is 1. The van der Waals surface area contributed by atoms with Crippen LogP contribution in [0.2, 0.25) is 0 Å². The van der Waals surface area contributed by atoms with Crippen LogP contribution < -0.4 is 10.5 Å². The van der Waals surface area contributed by atoms with Gasteiger partial charge in [-0.2, -0.15) is 0 Å². The van der Waals surface area contributed by atoms with E-state index in [2.05, 4.69) is 0 Å². The van der Waals surface area contributed by atoms with E-state index in [4.69, 9.17) is 4.42 Å². The van der Waals surface area contributed by atoms with E-state index in [-0.39, 0.29) is 17.5 Å². The molecule has 1 aliphatic carbocycles. The number of hydrogen-bond acceptors (Lipinski definition) is 4. The summed E-state index contributed by atoms with van der Waals surface area (Å²) in [5.41, 5.74) is 0.616. The van der Waals surface area contributed by atoms with Gasteiger partial charge in [-0.25, -0.2) is 4.79 Å². The zero-order chi connectivity index (χ0) is 12.5. The van der Waals surface area contributed by atoms with Crippen LogP contribution in [0.15, 0.2) is 51.9 Å². The van der Waals surface area contributed by atoms with Crippen molar-refractivity contribution in [1.82, 2.24) is 0 Å². The molecule has 4 nitrogen and oxygen atoms in total. The van der Waals surface area contributed by atoms with E-state index in [1.54, 1.807) is 0 Å². The molecule has 1 N–H and O–H groups in total. The predicted octanol–water partition coefficient (Wildman–Crippen LogP) is 2.65. The molecule has 2 aromatic rings. The molecule has 0 unspecified atom stereocenters. The summed E-state index contributed by atoms with van der Waals surface area (Å²) in [6.07, 6.45) is 3.24. The van der Waals surface area contributed by atoms with E-state index < -0.39 is 5.63 Å². The van der Waals surface area contributed by atoms with Crippen molar-refractivity contribution in [2.24, 2.45) is 0 Å². The van der Waals surface area contributed by atoms with Gasteiger partial charge in [-0.3, -0.25) is 0 Å². The van der Waals surface area contributed by atoms with Crippen molar-refractivity contribution in [3.8, 4) is 5.75 Å². The van der Waals surface area contributed by atoms with Crippen molar-refractivity contribution < 1.29 is 9.52 Å². The number of aromatic hydroxyl groups is 1. The van der Waals surface area contributed by atoms with Gasteiger partial charge in [0.25, 0.3) is 0 Å². The zero-order valence-electron chi connectivity index (χ0n) is 9.74. The minimum absolute atomic E-state index is 0.0398. The van der Waals surface area contributed by atoms with E-state index in [0.717, 1.165) is 18.5 Å². The molecule has 1 saturated carbocycles. The first-order valence-corrected chi connectivity index (χ1v) is 5.92. The molecule has 0 amide bonds. The van der Waals surface area contributed by atoms with E-state index in [1.165, 1.54) is 12.3 Å². The molecule has 0 atom stereocenters. The smallest absolute Gasteiger partial charge is 0.363 e. The maximum Gasteiger partial charge on any atom is 0.363 e. The first-order chi connectivity index (χ1) is 8.77. The second kappa shape index (κ2) is 4.22. The van der Waals surface area contributed by atoms with Gasteiger partial charge >= 0.3 is 5.63 Å². The molecule has 0 radical (unpaired) electrons. The number of anilines is 2. The lowest BCUT2D eigenvalue weighted by molar-refractivity contribution is 0.448. The van der Waals surface area contributed by atoms with Gasteiger partial charge in [-0.15, -0.1) is 0 Å². The van der Waals surface area contributed by atoms with Crippen LogP contribution in [0, 0.1) is 0 Å². The van der Waals surface area contributed by atoms with Crippen LogP contribution in [-0.2, 0) is 0 Å². The van der Waals surface area contributed by atoms with Crippen LogP contribution in [0.25, 0.3) is 0 Å². The first kappa shape index (κ1) is 10.9. The first-order valence-electron chi connectivity index (χ1n) is 5.92. The van der Waals surface area contributed by atoms with Crippen LogP contribution in [0.4, 0.5) is 11.4 Å². The fourth-order valence-corrected chi connectivity index (χ4v) is 2.07.